The van der Waals surface area contributed by atoms with E-state index in [1.807, 2.05) is 30.3 Å². The smallest absolute Gasteiger partial charge is 0.327 e. The van der Waals surface area contributed by atoms with Crippen molar-refractivity contribution in [1.29, 1.82) is 0 Å². The van der Waals surface area contributed by atoms with Gasteiger partial charge in [-0.05, 0) is 31.1 Å². The third kappa shape index (κ3) is 4.69. The van der Waals surface area contributed by atoms with Crippen LogP contribution in [0.1, 0.15) is 44.4 Å². The Hall–Kier alpha value is -3.16. The largest absolute Gasteiger partial charge is 0.346 e. The Balaban J connectivity index is 2.02. The Labute approximate surface area is 151 Å². The Bertz CT molecular complexity index is 757. The minimum absolute atomic E-state index is 0.0625. The molecule has 0 unspecified atom stereocenters. The van der Waals surface area contributed by atoms with Crippen molar-refractivity contribution in [2.45, 2.75) is 39.3 Å². The number of nitrogens with one attached hydrogen (secondary N) is 3. The Morgan fingerprint density at radius 1 is 1.08 bits per heavy atom. The fraction of sp³-hybridized carbons (Fsp3) is 0.333. The summed E-state index contributed by atoms with van der Waals surface area (Å²) in [5.41, 5.74) is 6.04. The summed E-state index contributed by atoms with van der Waals surface area (Å²) in [6.45, 7) is 4.85. The second kappa shape index (κ2) is 8.28. The molecule has 4 amide bonds. The van der Waals surface area contributed by atoms with Crippen molar-refractivity contribution in [2.75, 3.05) is 0 Å². The van der Waals surface area contributed by atoms with Gasteiger partial charge in [-0.2, -0.15) is 0 Å². The van der Waals surface area contributed by atoms with Gasteiger partial charge in [0.25, 0.3) is 0 Å². The lowest BCUT2D eigenvalue weighted by atomic mass is 9.93. The first-order valence-electron chi connectivity index (χ1n) is 8.25. The molecular weight excluding hydrogens is 336 g/mol. The maximum atomic E-state index is 12.2. The molecule has 8 heteroatoms. The number of hydrazine groups is 1. The Kier molecular flexibility index (Phi) is 6.11. The second-order valence-electron chi connectivity index (χ2n) is 6.22. The quantitative estimate of drug-likeness (QED) is 0.544. The highest BCUT2D eigenvalue weighted by atomic mass is 16.2. The molecule has 0 fully saturated rings. The number of benzene rings is 1. The maximum absolute atomic E-state index is 12.2. The SMILES string of the molecule is CC(=O)N1C=Cc2ccccc2[C@@H]1CC(=O)NNC(=O)C(=O)NC(C)C. The van der Waals surface area contributed by atoms with Crippen LogP contribution in [-0.4, -0.2) is 34.6 Å². The molecule has 0 saturated heterocycles. The molecule has 3 N–H and O–H groups in total. The van der Waals surface area contributed by atoms with Crippen molar-refractivity contribution >= 4 is 29.7 Å². The summed E-state index contributed by atoms with van der Waals surface area (Å²) in [6, 6.07) is 6.76. The minimum atomic E-state index is -0.959. The van der Waals surface area contributed by atoms with Gasteiger partial charge in [0.2, 0.25) is 11.8 Å². The number of nitrogens with zero attached hydrogens (tertiary/aromatic N) is 1. The van der Waals surface area contributed by atoms with Gasteiger partial charge >= 0.3 is 11.8 Å². The first-order valence-corrected chi connectivity index (χ1v) is 8.25. The number of amides is 4. The molecule has 1 aromatic carbocycles. The summed E-state index contributed by atoms with van der Waals surface area (Å²) < 4.78 is 0. The molecule has 0 bridgehead atoms. The van der Waals surface area contributed by atoms with E-state index in [9.17, 15) is 19.2 Å². The lowest BCUT2D eigenvalue weighted by Gasteiger charge is -2.32. The fourth-order valence-corrected chi connectivity index (χ4v) is 2.65. The van der Waals surface area contributed by atoms with Gasteiger partial charge in [0.05, 0.1) is 12.5 Å². The van der Waals surface area contributed by atoms with Crippen LogP contribution in [0.2, 0.25) is 0 Å². The van der Waals surface area contributed by atoms with Crippen LogP contribution in [0.4, 0.5) is 0 Å². The Morgan fingerprint density at radius 2 is 1.77 bits per heavy atom. The van der Waals surface area contributed by atoms with Gasteiger partial charge < -0.3 is 10.2 Å². The molecular formula is C18H22N4O4. The third-order valence-corrected chi connectivity index (χ3v) is 3.79. The van der Waals surface area contributed by atoms with E-state index in [1.165, 1.54) is 11.8 Å². The molecule has 8 nitrogen and oxygen atoms in total. The van der Waals surface area contributed by atoms with Gasteiger partial charge in [-0.25, -0.2) is 0 Å². The van der Waals surface area contributed by atoms with Crippen LogP contribution in [-0.2, 0) is 19.2 Å². The van der Waals surface area contributed by atoms with Gasteiger partial charge in [-0.3, -0.25) is 30.0 Å². The number of hydrogen-bond donors (Lipinski definition) is 3. The summed E-state index contributed by atoms with van der Waals surface area (Å²) in [5, 5.41) is 2.42. The lowest BCUT2D eigenvalue weighted by molar-refractivity contribution is -0.141. The molecule has 2 rings (SSSR count). The van der Waals surface area contributed by atoms with Crippen LogP contribution < -0.4 is 16.2 Å². The summed E-state index contributed by atoms with van der Waals surface area (Å²) in [5.74, 6) is -2.51. The minimum Gasteiger partial charge on any atom is -0.346 e. The molecule has 0 aliphatic carbocycles. The van der Waals surface area contributed by atoms with Gasteiger partial charge in [-0.15, -0.1) is 0 Å². The van der Waals surface area contributed by atoms with E-state index in [0.29, 0.717) is 0 Å². The van der Waals surface area contributed by atoms with Crippen LogP contribution in [0, 0.1) is 0 Å². The van der Waals surface area contributed by atoms with Gasteiger partial charge in [0, 0.05) is 19.2 Å². The highest BCUT2D eigenvalue weighted by molar-refractivity contribution is 6.35. The normalized spacial score (nSPS) is 15.2. The lowest BCUT2D eigenvalue weighted by Crippen LogP contribution is -2.50. The first-order chi connectivity index (χ1) is 12.3. The number of hydrogen-bond acceptors (Lipinski definition) is 4. The monoisotopic (exact) mass is 358 g/mol. The second-order valence-corrected chi connectivity index (χ2v) is 6.22. The van der Waals surface area contributed by atoms with E-state index in [0.717, 1.165) is 11.1 Å². The van der Waals surface area contributed by atoms with Crippen LogP contribution in [0.25, 0.3) is 6.08 Å². The van der Waals surface area contributed by atoms with Crippen LogP contribution in [0.5, 0.6) is 0 Å². The van der Waals surface area contributed by atoms with Crippen molar-refractivity contribution in [3.8, 4) is 0 Å². The molecule has 1 aromatic rings. The van der Waals surface area contributed by atoms with E-state index < -0.39 is 23.8 Å². The van der Waals surface area contributed by atoms with E-state index in [4.69, 9.17) is 0 Å². The number of carbonyl (C=O) groups is 4. The number of rotatable bonds is 3. The third-order valence-electron chi connectivity index (χ3n) is 3.79. The van der Waals surface area contributed by atoms with Crippen molar-refractivity contribution in [2.24, 2.45) is 0 Å². The highest BCUT2D eigenvalue weighted by Gasteiger charge is 2.28. The van der Waals surface area contributed by atoms with Crippen LogP contribution >= 0.6 is 0 Å². The van der Waals surface area contributed by atoms with Crippen LogP contribution in [0.3, 0.4) is 0 Å². The molecule has 1 aliphatic rings. The van der Waals surface area contributed by atoms with Gasteiger partial charge in [0.1, 0.15) is 0 Å². The molecule has 0 saturated carbocycles. The number of fused-ring (bicyclic) bond motifs is 1. The summed E-state index contributed by atoms with van der Waals surface area (Å²) in [4.78, 5) is 48.7. The topological polar surface area (TPSA) is 108 Å². The van der Waals surface area contributed by atoms with Crippen molar-refractivity contribution in [3.63, 3.8) is 0 Å². The average Bonchev–Trinajstić information content (AvgIpc) is 2.59. The van der Waals surface area contributed by atoms with Crippen LogP contribution in [0.15, 0.2) is 30.5 Å². The molecule has 0 radical (unpaired) electrons. The van der Waals surface area contributed by atoms with Gasteiger partial charge in [0.15, 0.2) is 0 Å². The average molecular weight is 358 g/mol. The molecule has 26 heavy (non-hydrogen) atoms. The highest BCUT2D eigenvalue weighted by Crippen LogP contribution is 2.32. The van der Waals surface area contributed by atoms with Crippen molar-refractivity contribution < 1.29 is 19.2 Å². The zero-order valence-corrected chi connectivity index (χ0v) is 14.9. The number of carbonyl (C=O) groups excluding carboxylic acids is 4. The van der Waals surface area contributed by atoms with E-state index >= 15 is 0 Å². The molecule has 1 aliphatic heterocycles. The molecule has 0 spiro atoms. The van der Waals surface area contributed by atoms with E-state index in [1.54, 1.807) is 20.0 Å². The fourth-order valence-electron chi connectivity index (χ4n) is 2.65. The zero-order chi connectivity index (χ0) is 19.3. The summed E-state index contributed by atoms with van der Waals surface area (Å²) in [6.07, 6.45) is 3.38. The summed E-state index contributed by atoms with van der Waals surface area (Å²) in [7, 11) is 0. The predicted molar refractivity (Wildman–Crippen MR) is 94.9 cm³/mol. The van der Waals surface area contributed by atoms with Crippen molar-refractivity contribution in [3.05, 3.63) is 41.6 Å². The predicted octanol–water partition coefficient (Wildman–Crippen LogP) is 0.623. The maximum Gasteiger partial charge on any atom is 0.327 e. The zero-order valence-electron chi connectivity index (χ0n) is 14.9. The Morgan fingerprint density at radius 3 is 2.42 bits per heavy atom. The standard InChI is InChI=1S/C18H22N4O4/c1-11(2)19-17(25)18(26)21-20-16(24)10-15-14-7-5-4-6-13(14)8-9-22(15)12(3)23/h4-9,11,15H,10H2,1-3H3,(H,19,25)(H,20,24)(H,21,26)/t15-/m0/s1. The molecule has 0 aromatic heterocycles. The van der Waals surface area contributed by atoms with E-state index in [2.05, 4.69) is 16.2 Å². The van der Waals surface area contributed by atoms with E-state index in [-0.39, 0.29) is 18.4 Å². The van der Waals surface area contributed by atoms with Gasteiger partial charge in [-0.1, -0.05) is 24.3 Å². The first kappa shape index (κ1) is 19.2. The summed E-state index contributed by atoms with van der Waals surface area (Å²) >= 11 is 0. The molecule has 138 valence electrons. The molecule has 1 atom stereocenters. The van der Waals surface area contributed by atoms with Crippen molar-refractivity contribution in [1.82, 2.24) is 21.1 Å². The molecule has 1 heterocycles.